The van der Waals surface area contributed by atoms with Gasteiger partial charge in [-0.2, -0.15) is 0 Å². The fourth-order valence-corrected chi connectivity index (χ4v) is 2.42. The number of aromatic carboxylic acids is 1. The van der Waals surface area contributed by atoms with Crippen LogP contribution in [-0.2, 0) is 5.41 Å². The van der Waals surface area contributed by atoms with Crippen molar-refractivity contribution in [2.45, 2.75) is 26.2 Å². The predicted molar refractivity (Wildman–Crippen MR) is 73.2 cm³/mol. The van der Waals surface area contributed by atoms with Crippen LogP contribution in [0.25, 0.3) is 10.6 Å². The Bertz CT molecular complexity index is 564. The van der Waals surface area contributed by atoms with Gasteiger partial charge in [0.2, 0.25) is 0 Å². The Balaban J connectivity index is 2.31. The van der Waals surface area contributed by atoms with Gasteiger partial charge in [0.25, 0.3) is 0 Å². The molecule has 0 radical (unpaired) electrons. The van der Waals surface area contributed by atoms with E-state index < -0.39 is 5.97 Å². The molecular formula is C14H15NO2S. The first kappa shape index (κ1) is 12.8. The number of nitrogens with zero attached hydrogens (tertiary/aromatic N) is 1. The van der Waals surface area contributed by atoms with Crippen molar-refractivity contribution < 1.29 is 9.90 Å². The van der Waals surface area contributed by atoms with Crippen molar-refractivity contribution in [3.63, 3.8) is 0 Å². The summed E-state index contributed by atoms with van der Waals surface area (Å²) in [6.07, 6.45) is 0. The quantitative estimate of drug-likeness (QED) is 0.894. The minimum absolute atomic E-state index is 0.106. The first-order chi connectivity index (χ1) is 8.38. The van der Waals surface area contributed by atoms with Crippen LogP contribution in [0.2, 0.25) is 0 Å². The van der Waals surface area contributed by atoms with Crippen molar-refractivity contribution in [3.8, 4) is 10.6 Å². The minimum Gasteiger partial charge on any atom is -0.476 e. The number of hydrogen-bond acceptors (Lipinski definition) is 3. The summed E-state index contributed by atoms with van der Waals surface area (Å²) in [5.74, 6) is -0.983. The van der Waals surface area contributed by atoms with Gasteiger partial charge in [-0.15, -0.1) is 11.3 Å². The molecular weight excluding hydrogens is 246 g/mol. The van der Waals surface area contributed by atoms with Gasteiger partial charge < -0.3 is 5.11 Å². The molecule has 0 fully saturated rings. The number of carboxylic acid groups (broad SMARTS) is 1. The summed E-state index contributed by atoms with van der Waals surface area (Å²) in [7, 11) is 0. The number of hydrogen-bond donors (Lipinski definition) is 1. The molecule has 1 aromatic heterocycles. The highest BCUT2D eigenvalue weighted by atomic mass is 32.1. The van der Waals surface area contributed by atoms with Crippen molar-refractivity contribution >= 4 is 17.3 Å². The SMILES string of the molecule is CC(C)(C)c1ccc(-c2nc(C(=O)O)cs2)cc1. The zero-order chi connectivity index (χ0) is 13.3. The van der Waals surface area contributed by atoms with E-state index in [2.05, 4.69) is 37.9 Å². The average molecular weight is 261 g/mol. The van der Waals surface area contributed by atoms with Gasteiger partial charge in [0.1, 0.15) is 5.01 Å². The van der Waals surface area contributed by atoms with Crippen LogP contribution in [0.3, 0.4) is 0 Å². The lowest BCUT2D eigenvalue weighted by atomic mass is 9.87. The monoisotopic (exact) mass is 261 g/mol. The Labute approximate surface area is 110 Å². The van der Waals surface area contributed by atoms with E-state index in [1.807, 2.05) is 12.1 Å². The second-order valence-corrected chi connectivity index (χ2v) is 6.03. The molecule has 2 aromatic rings. The molecule has 0 unspecified atom stereocenters. The molecule has 0 atom stereocenters. The lowest BCUT2D eigenvalue weighted by Gasteiger charge is -2.18. The standard InChI is InChI=1S/C14H15NO2S/c1-14(2,3)10-6-4-9(5-7-10)12-15-11(8-18-12)13(16)17/h4-8H,1-3H3,(H,16,17). The van der Waals surface area contributed by atoms with E-state index in [0.29, 0.717) is 0 Å². The molecule has 2 rings (SSSR count). The summed E-state index contributed by atoms with van der Waals surface area (Å²) < 4.78 is 0. The van der Waals surface area contributed by atoms with E-state index in [1.165, 1.54) is 16.9 Å². The molecule has 0 aliphatic carbocycles. The van der Waals surface area contributed by atoms with Crippen LogP contribution in [-0.4, -0.2) is 16.1 Å². The molecule has 0 saturated heterocycles. The second-order valence-electron chi connectivity index (χ2n) is 5.17. The number of benzene rings is 1. The number of carbonyl (C=O) groups is 1. The van der Waals surface area contributed by atoms with E-state index in [9.17, 15) is 4.79 Å². The van der Waals surface area contributed by atoms with Crippen molar-refractivity contribution in [2.75, 3.05) is 0 Å². The summed E-state index contributed by atoms with van der Waals surface area (Å²) in [6.45, 7) is 6.48. The normalized spacial score (nSPS) is 11.5. The summed E-state index contributed by atoms with van der Waals surface area (Å²) >= 11 is 1.35. The van der Waals surface area contributed by atoms with Gasteiger partial charge in [-0.3, -0.25) is 0 Å². The zero-order valence-corrected chi connectivity index (χ0v) is 11.4. The summed E-state index contributed by atoms with van der Waals surface area (Å²) in [5.41, 5.74) is 2.44. The Morgan fingerprint density at radius 3 is 2.28 bits per heavy atom. The van der Waals surface area contributed by atoms with Gasteiger partial charge in [-0.25, -0.2) is 9.78 Å². The van der Waals surface area contributed by atoms with Crippen LogP contribution in [0.1, 0.15) is 36.8 Å². The highest BCUT2D eigenvalue weighted by Gasteiger charge is 2.14. The summed E-state index contributed by atoms with van der Waals surface area (Å²) in [6, 6.07) is 8.12. The molecule has 4 heteroatoms. The van der Waals surface area contributed by atoms with Crippen LogP contribution >= 0.6 is 11.3 Å². The molecule has 1 aromatic carbocycles. The van der Waals surface area contributed by atoms with Gasteiger partial charge in [-0.1, -0.05) is 45.0 Å². The van der Waals surface area contributed by atoms with Gasteiger partial charge in [-0.05, 0) is 11.0 Å². The van der Waals surface area contributed by atoms with Crippen LogP contribution in [0.4, 0.5) is 0 Å². The second kappa shape index (κ2) is 4.53. The largest absolute Gasteiger partial charge is 0.476 e. The lowest BCUT2D eigenvalue weighted by molar-refractivity contribution is 0.0691. The fourth-order valence-electron chi connectivity index (χ4n) is 1.62. The van der Waals surface area contributed by atoms with Crippen molar-refractivity contribution in [1.82, 2.24) is 4.98 Å². The van der Waals surface area contributed by atoms with E-state index >= 15 is 0 Å². The van der Waals surface area contributed by atoms with E-state index in [1.54, 1.807) is 5.38 Å². The number of aromatic nitrogens is 1. The summed E-state index contributed by atoms with van der Waals surface area (Å²) in [4.78, 5) is 14.9. The molecule has 18 heavy (non-hydrogen) atoms. The third-order valence-corrected chi connectivity index (χ3v) is 3.61. The van der Waals surface area contributed by atoms with Crippen LogP contribution in [0.15, 0.2) is 29.6 Å². The molecule has 0 spiro atoms. The van der Waals surface area contributed by atoms with E-state index in [-0.39, 0.29) is 11.1 Å². The first-order valence-corrected chi connectivity index (χ1v) is 6.55. The maximum absolute atomic E-state index is 10.8. The molecule has 1 heterocycles. The number of rotatable bonds is 2. The topological polar surface area (TPSA) is 50.2 Å². The van der Waals surface area contributed by atoms with Crippen LogP contribution in [0, 0.1) is 0 Å². The number of thiazole rings is 1. The Morgan fingerprint density at radius 1 is 1.22 bits per heavy atom. The van der Waals surface area contributed by atoms with Crippen LogP contribution < -0.4 is 0 Å². The lowest BCUT2D eigenvalue weighted by Crippen LogP contribution is -2.10. The summed E-state index contributed by atoms with van der Waals surface area (Å²) in [5, 5.41) is 11.1. The molecule has 0 aliphatic rings. The molecule has 94 valence electrons. The predicted octanol–water partition coefficient (Wildman–Crippen LogP) is 3.81. The molecule has 3 nitrogen and oxygen atoms in total. The van der Waals surface area contributed by atoms with Crippen molar-refractivity contribution in [1.29, 1.82) is 0 Å². The Hall–Kier alpha value is -1.68. The van der Waals surface area contributed by atoms with E-state index in [4.69, 9.17) is 5.11 Å². The van der Waals surface area contributed by atoms with E-state index in [0.717, 1.165) is 10.6 Å². The first-order valence-electron chi connectivity index (χ1n) is 5.67. The van der Waals surface area contributed by atoms with Crippen molar-refractivity contribution in [3.05, 3.63) is 40.9 Å². The van der Waals surface area contributed by atoms with Gasteiger partial charge >= 0.3 is 5.97 Å². The molecule has 0 saturated carbocycles. The molecule has 0 amide bonds. The highest BCUT2D eigenvalue weighted by Crippen LogP contribution is 2.27. The molecule has 0 bridgehead atoms. The Morgan fingerprint density at radius 2 is 1.83 bits per heavy atom. The maximum atomic E-state index is 10.8. The maximum Gasteiger partial charge on any atom is 0.355 e. The number of carboxylic acids is 1. The fraction of sp³-hybridized carbons (Fsp3) is 0.286. The van der Waals surface area contributed by atoms with Gasteiger partial charge in [0.15, 0.2) is 5.69 Å². The van der Waals surface area contributed by atoms with Crippen molar-refractivity contribution in [2.24, 2.45) is 0 Å². The van der Waals surface area contributed by atoms with Crippen LogP contribution in [0.5, 0.6) is 0 Å². The minimum atomic E-state index is -0.983. The zero-order valence-electron chi connectivity index (χ0n) is 10.6. The third kappa shape index (κ3) is 2.59. The van der Waals surface area contributed by atoms with Gasteiger partial charge in [0, 0.05) is 10.9 Å². The third-order valence-electron chi connectivity index (χ3n) is 2.72. The smallest absolute Gasteiger partial charge is 0.355 e. The van der Waals surface area contributed by atoms with Gasteiger partial charge in [0.05, 0.1) is 0 Å². The molecule has 0 aliphatic heterocycles. The highest BCUT2D eigenvalue weighted by molar-refractivity contribution is 7.13. The Kier molecular flexibility index (Phi) is 3.22. The average Bonchev–Trinajstić information content (AvgIpc) is 2.77. The molecule has 1 N–H and O–H groups in total.